The predicted molar refractivity (Wildman–Crippen MR) is 77.1 cm³/mol. The molecule has 0 bridgehead atoms. The van der Waals surface area contributed by atoms with Crippen LogP contribution in [-0.2, 0) is 4.74 Å². The van der Waals surface area contributed by atoms with Crippen molar-refractivity contribution >= 4 is 21.7 Å². The molecule has 104 valence electrons. The highest BCUT2D eigenvalue weighted by Crippen LogP contribution is 2.33. The van der Waals surface area contributed by atoms with Gasteiger partial charge in [-0.05, 0) is 19.8 Å². The number of rotatable bonds is 3. The van der Waals surface area contributed by atoms with Crippen molar-refractivity contribution in [2.24, 2.45) is 0 Å². The number of alkyl halides is 1. The summed E-state index contributed by atoms with van der Waals surface area (Å²) in [7, 11) is 0. The lowest BCUT2D eigenvalue weighted by Gasteiger charge is -2.37. The topological polar surface area (TPSA) is 47.4 Å². The minimum absolute atomic E-state index is 0.0343. The number of anilines is 1. The van der Waals surface area contributed by atoms with Gasteiger partial charge in [0.25, 0.3) is 5.56 Å². The summed E-state index contributed by atoms with van der Waals surface area (Å²) in [6, 6.07) is 0.572. The lowest BCUT2D eigenvalue weighted by atomic mass is 10.2. The third kappa shape index (κ3) is 2.56. The Bertz CT molecular complexity index is 515. The van der Waals surface area contributed by atoms with Crippen LogP contribution in [0.4, 0.5) is 5.82 Å². The first kappa shape index (κ1) is 13.1. The van der Waals surface area contributed by atoms with Gasteiger partial charge in [-0.15, -0.1) is 0 Å². The van der Waals surface area contributed by atoms with E-state index in [1.807, 2.05) is 4.57 Å². The van der Waals surface area contributed by atoms with E-state index in [1.54, 1.807) is 12.4 Å². The highest BCUT2D eigenvalue weighted by Gasteiger charge is 2.31. The standard InChI is InChI=1S/C13H18BrN3O2/c1-9-8-19-11(6-14)7-17(9)12-13(18)16(5-4-15-12)10-2-3-10/h4-5,9-11H,2-3,6-8H2,1H3. The van der Waals surface area contributed by atoms with Crippen LogP contribution in [0.25, 0.3) is 0 Å². The van der Waals surface area contributed by atoms with Gasteiger partial charge in [-0.1, -0.05) is 15.9 Å². The van der Waals surface area contributed by atoms with E-state index in [0.29, 0.717) is 25.0 Å². The van der Waals surface area contributed by atoms with Crippen LogP contribution >= 0.6 is 15.9 Å². The van der Waals surface area contributed by atoms with E-state index in [4.69, 9.17) is 4.74 Å². The maximum atomic E-state index is 12.5. The molecule has 2 atom stereocenters. The summed E-state index contributed by atoms with van der Waals surface area (Å²) in [5.41, 5.74) is 0.0343. The zero-order valence-electron chi connectivity index (χ0n) is 11.0. The lowest BCUT2D eigenvalue weighted by molar-refractivity contribution is 0.0375. The van der Waals surface area contributed by atoms with Gasteiger partial charge < -0.3 is 14.2 Å². The second-order valence-electron chi connectivity index (χ2n) is 5.31. The number of hydrogen-bond donors (Lipinski definition) is 0. The van der Waals surface area contributed by atoms with Crippen molar-refractivity contribution < 1.29 is 4.74 Å². The van der Waals surface area contributed by atoms with Gasteiger partial charge in [-0.25, -0.2) is 4.98 Å². The fraction of sp³-hybridized carbons (Fsp3) is 0.692. The molecule has 6 heteroatoms. The van der Waals surface area contributed by atoms with Gasteiger partial charge in [-0.2, -0.15) is 0 Å². The molecule has 1 aromatic rings. The van der Waals surface area contributed by atoms with Crippen LogP contribution in [0.2, 0.25) is 0 Å². The van der Waals surface area contributed by atoms with Gasteiger partial charge in [0.1, 0.15) is 0 Å². The zero-order valence-corrected chi connectivity index (χ0v) is 12.5. The summed E-state index contributed by atoms with van der Waals surface area (Å²) in [6.07, 6.45) is 5.86. The van der Waals surface area contributed by atoms with Crippen molar-refractivity contribution in [3.63, 3.8) is 0 Å². The van der Waals surface area contributed by atoms with Gasteiger partial charge in [0.05, 0.1) is 18.8 Å². The van der Waals surface area contributed by atoms with Gasteiger partial charge in [0.15, 0.2) is 5.82 Å². The fourth-order valence-corrected chi connectivity index (χ4v) is 2.85. The van der Waals surface area contributed by atoms with Crippen LogP contribution in [0, 0.1) is 0 Å². The Morgan fingerprint density at radius 2 is 2.32 bits per heavy atom. The Hall–Kier alpha value is -0.880. The molecule has 1 saturated carbocycles. The Morgan fingerprint density at radius 3 is 3.00 bits per heavy atom. The Morgan fingerprint density at radius 1 is 1.53 bits per heavy atom. The molecule has 0 amide bonds. The molecule has 2 unspecified atom stereocenters. The molecule has 0 radical (unpaired) electrons. The lowest BCUT2D eigenvalue weighted by Crippen LogP contribution is -2.51. The van der Waals surface area contributed by atoms with Gasteiger partial charge in [0, 0.05) is 30.3 Å². The van der Waals surface area contributed by atoms with Gasteiger partial charge in [0.2, 0.25) is 0 Å². The Labute approximate surface area is 120 Å². The van der Waals surface area contributed by atoms with Crippen molar-refractivity contribution in [2.75, 3.05) is 23.4 Å². The number of nitrogens with zero attached hydrogens (tertiary/aromatic N) is 3. The fourth-order valence-electron chi connectivity index (χ4n) is 2.46. The average molecular weight is 328 g/mol. The quantitative estimate of drug-likeness (QED) is 0.790. The number of ether oxygens (including phenoxy) is 1. The molecule has 2 heterocycles. The minimum atomic E-state index is 0.0343. The van der Waals surface area contributed by atoms with Crippen molar-refractivity contribution in [1.29, 1.82) is 0 Å². The van der Waals surface area contributed by atoms with E-state index in [2.05, 4.69) is 32.7 Å². The summed E-state index contributed by atoms with van der Waals surface area (Å²) in [5.74, 6) is 0.566. The summed E-state index contributed by atoms with van der Waals surface area (Å²) < 4.78 is 7.52. The molecule has 3 rings (SSSR count). The highest BCUT2D eigenvalue weighted by molar-refractivity contribution is 9.09. The van der Waals surface area contributed by atoms with Crippen LogP contribution < -0.4 is 10.5 Å². The molecule has 1 aliphatic carbocycles. The monoisotopic (exact) mass is 327 g/mol. The molecule has 1 aromatic heterocycles. The molecule has 2 aliphatic rings. The molecule has 0 aromatic carbocycles. The van der Waals surface area contributed by atoms with Crippen LogP contribution in [0.15, 0.2) is 17.2 Å². The number of morpholine rings is 1. The summed E-state index contributed by atoms with van der Waals surface area (Å²) in [4.78, 5) is 18.9. The minimum Gasteiger partial charge on any atom is -0.373 e. The van der Waals surface area contributed by atoms with Crippen LogP contribution in [0.1, 0.15) is 25.8 Å². The number of aromatic nitrogens is 2. The molecular formula is C13H18BrN3O2. The predicted octanol–water partition coefficient (Wildman–Crippen LogP) is 1.57. The first-order valence-corrected chi connectivity index (χ1v) is 7.84. The first-order chi connectivity index (χ1) is 9.20. The Balaban J connectivity index is 1.91. The van der Waals surface area contributed by atoms with E-state index in [0.717, 1.165) is 18.2 Å². The molecule has 0 spiro atoms. The van der Waals surface area contributed by atoms with E-state index in [9.17, 15) is 4.79 Å². The maximum absolute atomic E-state index is 12.5. The van der Waals surface area contributed by atoms with Crippen molar-refractivity contribution in [3.8, 4) is 0 Å². The molecule has 2 fully saturated rings. The maximum Gasteiger partial charge on any atom is 0.293 e. The zero-order chi connectivity index (χ0) is 13.4. The van der Waals surface area contributed by atoms with Gasteiger partial charge in [-0.3, -0.25) is 4.79 Å². The summed E-state index contributed by atoms with van der Waals surface area (Å²) in [5, 5.41) is 0.778. The molecule has 1 aliphatic heterocycles. The summed E-state index contributed by atoms with van der Waals surface area (Å²) in [6.45, 7) is 3.42. The third-order valence-electron chi connectivity index (χ3n) is 3.74. The average Bonchev–Trinajstić information content (AvgIpc) is 3.24. The highest BCUT2D eigenvalue weighted by atomic mass is 79.9. The van der Waals surface area contributed by atoms with E-state index < -0.39 is 0 Å². The largest absolute Gasteiger partial charge is 0.373 e. The van der Waals surface area contributed by atoms with Crippen molar-refractivity contribution in [1.82, 2.24) is 9.55 Å². The Kier molecular flexibility index (Phi) is 3.62. The first-order valence-electron chi connectivity index (χ1n) is 6.72. The summed E-state index contributed by atoms with van der Waals surface area (Å²) >= 11 is 3.44. The molecule has 5 nitrogen and oxygen atoms in total. The number of hydrogen-bond acceptors (Lipinski definition) is 4. The molecular weight excluding hydrogens is 310 g/mol. The smallest absolute Gasteiger partial charge is 0.293 e. The van der Waals surface area contributed by atoms with Crippen LogP contribution in [-0.4, -0.2) is 40.2 Å². The third-order valence-corrected chi connectivity index (χ3v) is 4.46. The molecule has 1 saturated heterocycles. The molecule has 0 N–H and O–H groups in total. The van der Waals surface area contributed by atoms with Crippen molar-refractivity contribution in [2.45, 2.75) is 38.0 Å². The van der Waals surface area contributed by atoms with Gasteiger partial charge >= 0.3 is 0 Å². The van der Waals surface area contributed by atoms with E-state index in [1.165, 1.54) is 0 Å². The van der Waals surface area contributed by atoms with E-state index >= 15 is 0 Å². The molecule has 19 heavy (non-hydrogen) atoms. The number of halogens is 1. The second kappa shape index (κ2) is 5.25. The van der Waals surface area contributed by atoms with Crippen LogP contribution in [0.3, 0.4) is 0 Å². The second-order valence-corrected chi connectivity index (χ2v) is 5.95. The van der Waals surface area contributed by atoms with Crippen molar-refractivity contribution in [3.05, 3.63) is 22.7 Å². The SMILES string of the molecule is CC1COC(CBr)CN1c1nccn(C2CC2)c1=O. The van der Waals surface area contributed by atoms with E-state index in [-0.39, 0.29) is 17.7 Å². The normalized spacial score (nSPS) is 27.6. The van der Waals surface area contributed by atoms with Crippen LogP contribution in [0.5, 0.6) is 0 Å².